The van der Waals surface area contributed by atoms with E-state index in [-0.39, 0.29) is 0 Å². The van der Waals surface area contributed by atoms with Crippen molar-refractivity contribution in [2.75, 3.05) is 0 Å². The van der Waals surface area contributed by atoms with E-state index < -0.39 is 0 Å². The number of H-pyrrole nitrogens is 1. The molecular formula is C51H30N6S2. The first-order valence-electron chi connectivity index (χ1n) is 19.4. The minimum atomic E-state index is 0.636. The van der Waals surface area contributed by atoms with Gasteiger partial charge in [-0.2, -0.15) is 0 Å². The molecule has 0 atom stereocenters. The number of aliphatic imine (C=N–C) groups is 1. The second-order valence-corrected chi connectivity index (χ2v) is 16.6. The summed E-state index contributed by atoms with van der Waals surface area (Å²) in [5.41, 5.74) is 11.4. The lowest BCUT2D eigenvalue weighted by Gasteiger charge is -2.13. The molecular weight excluding hydrogens is 761 g/mol. The summed E-state index contributed by atoms with van der Waals surface area (Å²) < 4.78 is 3.64. The van der Waals surface area contributed by atoms with Crippen molar-refractivity contribution in [3.05, 3.63) is 176 Å². The van der Waals surface area contributed by atoms with Gasteiger partial charge in [0.15, 0.2) is 17.5 Å². The molecule has 1 N–H and O–H groups in total. The maximum Gasteiger partial charge on any atom is 0.165 e. The van der Waals surface area contributed by atoms with Crippen LogP contribution < -0.4 is 0 Å². The van der Waals surface area contributed by atoms with Gasteiger partial charge in [-0.3, -0.25) is 4.99 Å². The Morgan fingerprint density at radius 2 is 1.10 bits per heavy atom. The predicted molar refractivity (Wildman–Crippen MR) is 247 cm³/mol. The molecule has 12 rings (SSSR count). The lowest BCUT2D eigenvalue weighted by molar-refractivity contribution is 1.08. The predicted octanol–water partition coefficient (Wildman–Crippen LogP) is 13.8. The quantitative estimate of drug-likeness (QED) is 0.174. The summed E-state index contributed by atoms with van der Waals surface area (Å²) in [6, 6.07) is 52.9. The Morgan fingerprint density at radius 1 is 0.458 bits per heavy atom. The van der Waals surface area contributed by atoms with Crippen LogP contribution >= 0.6 is 22.7 Å². The highest BCUT2D eigenvalue weighted by atomic mass is 32.1. The first-order chi connectivity index (χ1) is 29.2. The molecule has 0 unspecified atom stereocenters. The van der Waals surface area contributed by atoms with Crippen LogP contribution in [0.4, 0.5) is 0 Å². The van der Waals surface area contributed by atoms with Crippen LogP contribution in [0.25, 0.3) is 114 Å². The largest absolute Gasteiger partial charge is 0.367 e. The van der Waals surface area contributed by atoms with Crippen LogP contribution in [0.15, 0.2) is 175 Å². The van der Waals surface area contributed by atoms with Gasteiger partial charge in [0, 0.05) is 92.5 Å². The van der Waals surface area contributed by atoms with E-state index in [1.807, 2.05) is 54.1 Å². The van der Waals surface area contributed by atoms with E-state index in [9.17, 15) is 0 Å². The maximum atomic E-state index is 5.30. The summed E-state index contributed by atoms with van der Waals surface area (Å²) in [5, 5.41) is 4.75. The van der Waals surface area contributed by atoms with E-state index in [1.54, 1.807) is 11.3 Å². The molecule has 6 heterocycles. The molecule has 8 heteroatoms. The number of nitrogens with one attached hydrogen (secondary N) is 1. The number of hydrogen-bond donors (Lipinski definition) is 1. The second-order valence-electron chi connectivity index (χ2n) is 14.5. The molecule has 1 aliphatic rings. The fourth-order valence-corrected chi connectivity index (χ4v) is 10.7. The zero-order valence-electron chi connectivity index (χ0n) is 31.3. The average Bonchev–Trinajstić information content (AvgIpc) is 4.05. The van der Waals surface area contributed by atoms with Gasteiger partial charge in [0.05, 0.1) is 16.9 Å². The molecule has 0 saturated heterocycles. The number of fused-ring (bicyclic) bond motifs is 6. The van der Waals surface area contributed by atoms with Crippen molar-refractivity contribution < 1.29 is 0 Å². The van der Waals surface area contributed by atoms with Crippen LogP contribution in [0.3, 0.4) is 0 Å². The van der Waals surface area contributed by atoms with Crippen LogP contribution in [0.1, 0.15) is 5.56 Å². The van der Waals surface area contributed by atoms with Gasteiger partial charge in [-0.1, -0.05) is 127 Å². The number of nitrogens with zero attached hydrogens (tertiary/aromatic N) is 5. The van der Waals surface area contributed by atoms with Gasteiger partial charge < -0.3 is 4.98 Å². The van der Waals surface area contributed by atoms with Crippen LogP contribution in [0.5, 0.6) is 0 Å². The number of benzene rings is 6. The highest BCUT2D eigenvalue weighted by Crippen LogP contribution is 2.49. The molecule has 11 aromatic rings. The van der Waals surface area contributed by atoms with Crippen molar-refractivity contribution in [2.45, 2.75) is 0 Å². The van der Waals surface area contributed by atoms with Crippen molar-refractivity contribution in [1.82, 2.24) is 24.9 Å². The van der Waals surface area contributed by atoms with Crippen LogP contribution in [0, 0.1) is 0 Å². The second kappa shape index (κ2) is 13.6. The van der Waals surface area contributed by atoms with Crippen molar-refractivity contribution >= 4 is 75.7 Å². The van der Waals surface area contributed by atoms with Crippen molar-refractivity contribution in [3.8, 4) is 67.0 Å². The fourth-order valence-electron chi connectivity index (χ4n) is 8.10. The Bertz CT molecular complexity index is 3470. The highest BCUT2D eigenvalue weighted by molar-refractivity contribution is 7.26. The zero-order chi connectivity index (χ0) is 38.9. The third kappa shape index (κ3) is 5.64. The summed E-state index contributed by atoms with van der Waals surface area (Å²) in [6.45, 7) is 0. The summed E-state index contributed by atoms with van der Waals surface area (Å²) in [5.74, 6) is 1.95. The molecule has 0 amide bonds. The highest BCUT2D eigenvalue weighted by Gasteiger charge is 2.25. The third-order valence-electron chi connectivity index (χ3n) is 11.0. The minimum Gasteiger partial charge on any atom is -0.367 e. The van der Waals surface area contributed by atoms with Gasteiger partial charge in [0.1, 0.15) is 0 Å². The molecule has 6 aromatic carbocycles. The van der Waals surface area contributed by atoms with Crippen LogP contribution in [0.2, 0.25) is 0 Å². The molecule has 1 aliphatic heterocycles. The first kappa shape index (κ1) is 33.7. The normalized spacial score (nSPS) is 12.4. The zero-order valence-corrected chi connectivity index (χ0v) is 32.9. The van der Waals surface area contributed by atoms with E-state index in [1.165, 1.54) is 29.7 Å². The topological polar surface area (TPSA) is 79.7 Å². The third-order valence-corrected chi connectivity index (χ3v) is 13.5. The minimum absolute atomic E-state index is 0.636. The summed E-state index contributed by atoms with van der Waals surface area (Å²) in [4.78, 5) is 29.6. The molecule has 0 bridgehead atoms. The van der Waals surface area contributed by atoms with Gasteiger partial charge in [0.25, 0.3) is 0 Å². The van der Waals surface area contributed by atoms with Gasteiger partial charge in [-0.05, 0) is 41.5 Å². The monoisotopic (exact) mass is 790 g/mol. The van der Waals surface area contributed by atoms with Gasteiger partial charge >= 0.3 is 0 Å². The van der Waals surface area contributed by atoms with Crippen LogP contribution in [-0.2, 0) is 0 Å². The van der Waals surface area contributed by atoms with Gasteiger partial charge in [-0.25, -0.2) is 19.9 Å². The number of pyridine rings is 1. The Labute approximate surface area is 346 Å². The molecule has 5 aromatic heterocycles. The first-order valence-corrected chi connectivity index (χ1v) is 21.0. The maximum absolute atomic E-state index is 5.30. The van der Waals surface area contributed by atoms with Crippen molar-refractivity contribution in [3.63, 3.8) is 0 Å². The van der Waals surface area contributed by atoms with Crippen molar-refractivity contribution in [1.29, 1.82) is 0 Å². The molecule has 276 valence electrons. The van der Waals surface area contributed by atoms with E-state index >= 15 is 0 Å². The smallest absolute Gasteiger partial charge is 0.165 e. The summed E-state index contributed by atoms with van der Waals surface area (Å²) in [7, 11) is 0. The Morgan fingerprint density at radius 3 is 1.83 bits per heavy atom. The number of aromatic nitrogens is 5. The Balaban J connectivity index is 0.933. The molecule has 0 radical (unpaired) electrons. The molecule has 6 nitrogen and oxygen atoms in total. The standard InChI is InChI=1S/C51H30N6S2/c1-2-9-33(10-3-1)49-55-50(57-51(56-49)39-14-8-13-37-36-11-5-7-16-42(36)58-47(37)39)34-23-19-31(20-24-34)30-17-21-32(22-18-30)45-44-43(41-26-28-53-41)46(35-25-27-52-29-35)59-48(44)38-12-4-6-15-40(38)54-45/h1-29,52H. The average molecular weight is 791 g/mol. The Hall–Kier alpha value is -7.39. The fraction of sp³-hybridized carbons (Fsp3) is 0. The molecule has 0 fully saturated rings. The summed E-state index contributed by atoms with van der Waals surface area (Å²) >= 11 is 3.59. The summed E-state index contributed by atoms with van der Waals surface area (Å²) in [6.07, 6.45) is 7.99. The number of aromatic amines is 1. The van der Waals surface area contributed by atoms with E-state index in [0.29, 0.717) is 17.5 Å². The molecule has 0 saturated carbocycles. The lowest BCUT2D eigenvalue weighted by atomic mass is 9.96. The van der Waals surface area contributed by atoms with E-state index in [0.717, 1.165) is 72.2 Å². The number of rotatable bonds is 7. The van der Waals surface area contributed by atoms with Crippen molar-refractivity contribution in [2.24, 2.45) is 4.99 Å². The van der Waals surface area contributed by atoms with Gasteiger partial charge in [0.2, 0.25) is 0 Å². The molecule has 0 aliphatic carbocycles. The van der Waals surface area contributed by atoms with E-state index in [2.05, 4.69) is 144 Å². The van der Waals surface area contributed by atoms with Crippen LogP contribution in [-0.4, -0.2) is 31.1 Å². The number of allylic oxidation sites excluding steroid dienone is 1. The SMILES string of the molecule is C1=NC(c2c(-c3cc[nH]c3)sc3c2c(-c2ccc(-c4ccc(-c5nc(-c6ccccc6)nc(-c6cccc7c6sc6ccccc67)n5)cc4)cc2)nc2ccccc23)=C1. The number of para-hydroxylation sites is 1. The molecule has 0 spiro atoms. The van der Waals surface area contributed by atoms with E-state index in [4.69, 9.17) is 19.9 Å². The number of thiophene rings is 2. The lowest BCUT2D eigenvalue weighted by Crippen LogP contribution is -2.00. The molecule has 59 heavy (non-hydrogen) atoms. The van der Waals surface area contributed by atoms with Gasteiger partial charge in [-0.15, -0.1) is 22.7 Å². The Kier molecular flexibility index (Phi) is 7.79. The number of hydrogen-bond acceptors (Lipinski definition) is 7.